The number of carbonyl (C=O) groups is 1. The van der Waals surface area contributed by atoms with Crippen LogP contribution in [0, 0.1) is 10.1 Å². The minimum Gasteiger partial charge on any atom is -0.475 e. The van der Waals surface area contributed by atoms with Crippen molar-refractivity contribution in [3.8, 4) is 0 Å². The molecule has 0 radical (unpaired) electrons. The zero-order valence-corrected chi connectivity index (χ0v) is 10.6. The van der Waals surface area contributed by atoms with Crippen LogP contribution in [0.5, 0.6) is 0 Å². The molecular formula is C13H9N3O5. The van der Waals surface area contributed by atoms with Crippen LogP contribution in [0.25, 0.3) is 11.0 Å². The van der Waals surface area contributed by atoms with E-state index in [1.54, 1.807) is 18.2 Å². The highest BCUT2D eigenvalue weighted by Crippen LogP contribution is 2.21. The second-order valence-corrected chi connectivity index (χ2v) is 4.42. The number of nitro groups is 1. The number of hydrogen-bond acceptors (Lipinski definition) is 5. The minimum atomic E-state index is -1.13. The number of aromatic carboxylic acids is 1. The van der Waals surface area contributed by atoms with Gasteiger partial charge >= 0.3 is 11.8 Å². The highest BCUT2D eigenvalue weighted by molar-refractivity contribution is 5.91. The van der Waals surface area contributed by atoms with Crippen molar-refractivity contribution >= 4 is 22.8 Å². The Hall–Kier alpha value is -3.16. The number of carboxylic acid groups (broad SMARTS) is 1. The molecule has 0 fully saturated rings. The summed E-state index contributed by atoms with van der Waals surface area (Å²) in [7, 11) is 0. The van der Waals surface area contributed by atoms with Crippen molar-refractivity contribution in [2.24, 2.45) is 0 Å². The van der Waals surface area contributed by atoms with E-state index in [-0.39, 0.29) is 11.6 Å². The van der Waals surface area contributed by atoms with Gasteiger partial charge in [0.15, 0.2) is 0 Å². The molecule has 0 saturated heterocycles. The Morgan fingerprint density at radius 2 is 2.19 bits per heavy atom. The average Bonchev–Trinajstić information content (AvgIpc) is 3.04. The summed E-state index contributed by atoms with van der Waals surface area (Å²) in [5.41, 5.74) is 1.31. The van der Waals surface area contributed by atoms with Crippen LogP contribution in [0.15, 0.2) is 40.9 Å². The van der Waals surface area contributed by atoms with Gasteiger partial charge in [-0.15, -0.1) is 0 Å². The van der Waals surface area contributed by atoms with Crippen LogP contribution in [0.1, 0.15) is 16.1 Å². The van der Waals surface area contributed by atoms with Crippen molar-refractivity contribution in [2.75, 3.05) is 0 Å². The van der Waals surface area contributed by atoms with Crippen LogP contribution in [-0.4, -0.2) is 25.8 Å². The first-order chi connectivity index (χ1) is 10.0. The summed E-state index contributed by atoms with van der Waals surface area (Å²) in [6.07, 6.45) is 1.51. The first kappa shape index (κ1) is 12.9. The molecular weight excluding hydrogens is 278 g/mol. The molecule has 3 rings (SSSR count). The second-order valence-electron chi connectivity index (χ2n) is 4.42. The van der Waals surface area contributed by atoms with E-state index >= 15 is 0 Å². The Kier molecular flexibility index (Phi) is 2.90. The third-order valence-electron chi connectivity index (χ3n) is 2.95. The van der Waals surface area contributed by atoms with Crippen molar-refractivity contribution in [3.63, 3.8) is 0 Å². The van der Waals surface area contributed by atoms with Crippen molar-refractivity contribution < 1.29 is 19.2 Å². The number of nitrogens with zero attached hydrogens (tertiary/aromatic N) is 3. The standard InChI is InChI=1S/C13H9N3O5/c17-13(18)11-6-9-5-8(1-2-10(9)21-11)7-15-4-3-12(14-15)16(19)20/h1-6H,7H2,(H,17,18). The van der Waals surface area contributed by atoms with Gasteiger partial charge in [0.2, 0.25) is 5.76 Å². The fourth-order valence-corrected chi connectivity index (χ4v) is 2.02. The predicted molar refractivity (Wildman–Crippen MR) is 71.2 cm³/mol. The van der Waals surface area contributed by atoms with Gasteiger partial charge in [-0.3, -0.25) is 0 Å². The van der Waals surface area contributed by atoms with Crippen LogP contribution in [0.4, 0.5) is 5.82 Å². The molecule has 2 heterocycles. The Morgan fingerprint density at radius 1 is 1.38 bits per heavy atom. The van der Waals surface area contributed by atoms with Gasteiger partial charge in [0.05, 0.1) is 23.9 Å². The quantitative estimate of drug-likeness (QED) is 0.582. The van der Waals surface area contributed by atoms with Crippen LogP contribution in [0.3, 0.4) is 0 Å². The number of hydrogen-bond donors (Lipinski definition) is 1. The normalized spacial score (nSPS) is 10.9. The number of aromatic nitrogens is 2. The number of rotatable bonds is 4. The largest absolute Gasteiger partial charge is 0.475 e. The van der Waals surface area contributed by atoms with E-state index in [4.69, 9.17) is 9.52 Å². The molecule has 0 bridgehead atoms. The Bertz CT molecular complexity index is 848. The molecule has 1 N–H and O–H groups in total. The maximum Gasteiger partial charge on any atom is 0.389 e. The third-order valence-corrected chi connectivity index (χ3v) is 2.95. The fourth-order valence-electron chi connectivity index (χ4n) is 2.02. The SMILES string of the molecule is O=C(O)c1cc2cc(Cn3ccc([N+](=O)[O-])n3)ccc2o1. The molecule has 0 amide bonds. The van der Waals surface area contributed by atoms with Crippen molar-refractivity contribution in [2.45, 2.75) is 6.54 Å². The summed E-state index contributed by atoms with van der Waals surface area (Å²) < 4.78 is 6.60. The minimum absolute atomic E-state index is 0.128. The zero-order chi connectivity index (χ0) is 15.0. The van der Waals surface area contributed by atoms with Gasteiger partial charge in [-0.05, 0) is 28.7 Å². The van der Waals surface area contributed by atoms with Crippen LogP contribution in [0.2, 0.25) is 0 Å². The lowest BCUT2D eigenvalue weighted by atomic mass is 10.1. The molecule has 0 saturated carbocycles. The van der Waals surface area contributed by atoms with Gasteiger partial charge < -0.3 is 19.6 Å². The van der Waals surface area contributed by atoms with E-state index in [1.807, 2.05) is 0 Å². The topological polar surface area (TPSA) is 111 Å². The number of fused-ring (bicyclic) bond motifs is 1. The van der Waals surface area contributed by atoms with E-state index in [9.17, 15) is 14.9 Å². The lowest BCUT2D eigenvalue weighted by Crippen LogP contribution is -2.01. The molecule has 8 heteroatoms. The molecule has 1 aromatic carbocycles. The van der Waals surface area contributed by atoms with Crippen molar-refractivity contribution in [1.82, 2.24) is 9.78 Å². The maximum atomic E-state index is 10.8. The summed E-state index contributed by atoms with van der Waals surface area (Å²) in [4.78, 5) is 20.9. The van der Waals surface area contributed by atoms with Crippen LogP contribution in [-0.2, 0) is 6.54 Å². The summed E-state index contributed by atoms with van der Waals surface area (Å²) in [6.45, 7) is 0.345. The zero-order valence-electron chi connectivity index (χ0n) is 10.6. The monoisotopic (exact) mass is 287 g/mol. The maximum absolute atomic E-state index is 10.8. The van der Waals surface area contributed by atoms with E-state index in [1.165, 1.54) is 23.0 Å². The first-order valence-corrected chi connectivity index (χ1v) is 5.96. The highest BCUT2D eigenvalue weighted by Gasteiger charge is 2.13. The molecule has 0 aliphatic rings. The van der Waals surface area contributed by atoms with Gasteiger partial charge in [0, 0.05) is 5.39 Å². The molecule has 3 aromatic rings. The average molecular weight is 287 g/mol. The molecule has 0 aliphatic heterocycles. The van der Waals surface area contributed by atoms with E-state index in [0.717, 1.165) is 5.56 Å². The molecule has 0 spiro atoms. The second kappa shape index (κ2) is 4.75. The van der Waals surface area contributed by atoms with Crippen LogP contribution >= 0.6 is 0 Å². The molecule has 0 atom stereocenters. The van der Waals surface area contributed by atoms with Gasteiger partial charge in [-0.25, -0.2) is 4.79 Å². The molecule has 8 nitrogen and oxygen atoms in total. The Balaban J connectivity index is 1.89. The fraction of sp³-hybridized carbons (Fsp3) is 0.0769. The Morgan fingerprint density at radius 3 is 2.86 bits per heavy atom. The number of benzene rings is 1. The predicted octanol–water partition coefficient (Wildman–Crippen LogP) is 2.28. The van der Waals surface area contributed by atoms with E-state index in [0.29, 0.717) is 17.5 Å². The lowest BCUT2D eigenvalue weighted by Gasteiger charge is -1.98. The highest BCUT2D eigenvalue weighted by atomic mass is 16.6. The van der Waals surface area contributed by atoms with E-state index < -0.39 is 10.9 Å². The number of furan rings is 1. The van der Waals surface area contributed by atoms with E-state index in [2.05, 4.69) is 5.10 Å². The van der Waals surface area contributed by atoms with Gasteiger partial charge in [-0.1, -0.05) is 6.07 Å². The molecule has 0 aliphatic carbocycles. The Labute approximate surface area is 117 Å². The van der Waals surface area contributed by atoms with Gasteiger partial charge in [-0.2, -0.15) is 4.68 Å². The molecule has 2 aromatic heterocycles. The van der Waals surface area contributed by atoms with Crippen molar-refractivity contribution in [1.29, 1.82) is 0 Å². The molecule has 0 unspecified atom stereocenters. The molecule has 106 valence electrons. The summed E-state index contributed by atoms with van der Waals surface area (Å²) >= 11 is 0. The van der Waals surface area contributed by atoms with Crippen LogP contribution < -0.4 is 0 Å². The smallest absolute Gasteiger partial charge is 0.389 e. The van der Waals surface area contributed by atoms with Gasteiger partial charge in [0.25, 0.3) is 0 Å². The summed E-state index contributed by atoms with van der Waals surface area (Å²) in [5, 5.41) is 23.9. The first-order valence-electron chi connectivity index (χ1n) is 5.96. The third kappa shape index (κ3) is 2.46. The lowest BCUT2D eigenvalue weighted by molar-refractivity contribution is -0.389. The van der Waals surface area contributed by atoms with Crippen molar-refractivity contribution in [3.05, 3.63) is 58.0 Å². The number of carboxylic acids is 1. The van der Waals surface area contributed by atoms with Gasteiger partial charge in [0.1, 0.15) is 5.58 Å². The molecule has 21 heavy (non-hydrogen) atoms. The summed E-state index contributed by atoms with van der Waals surface area (Å²) in [5.74, 6) is -1.47. The summed E-state index contributed by atoms with van der Waals surface area (Å²) in [6, 6.07) is 7.93.